The highest BCUT2D eigenvalue weighted by Gasteiger charge is 2.10. The van der Waals surface area contributed by atoms with Gasteiger partial charge in [0.15, 0.2) is 11.6 Å². The molecule has 3 aromatic rings. The van der Waals surface area contributed by atoms with Crippen molar-refractivity contribution in [3.63, 3.8) is 0 Å². The average molecular weight is 407 g/mol. The maximum absolute atomic E-state index is 6.27. The lowest BCUT2D eigenvalue weighted by atomic mass is 10.2. The second-order valence-electron chi connectivity index (χ2n) is 5.44. The molecule has 0 atom stereocenters. The van der Waals surface area contributed by atoms with E-state index in [4.69, 9.17) is 40.2 Å². The third kappa shape index (κ3) is 4.15. The Balaban J connectivity index is 1.92. The van der Waals surface area contributed by atoms with Crippen LogP contribution in [0.4, 0.5) is 0 Å². The maximum atomic E-state index is 6.27. The van der Waals surface area contributed by atoms with Crippen LogP contribution in [0.1, 0.15) is 18.9 Å². The van der Waals surface area contributed by atoms with Crippen LogP contribution in [-0.4, -0.2) is 27.7 Å². The van der Waals surface area contributed by atoms with Gasteiger partial charge >= 0.3 is 0 Å². The van der Waals surface area contributed by atoms with Crippen molar-refractivity contribution < 1.29 is 4.74 Å². The molecule has 0 bridgehead atoms. The number of hydrogen-bond donors (Lipinski definition) is 1. The standard InChI is InChI=1S/C18H16Cl2N4OS/c1-2-8-25-16-14(19)9-12(10-15(16)20)11-21-24-17(22-23-18(24)26)13-6-4-3-5-7-13/h3-7,9-11H,2,8H2,1H3,(H,23,26)/b21-11-. The minimum atomic E-state index is 0.389. The molecule has 1 heterocycles. The second-order valence-corrected chi connectivity index (χ2v) is 6.64. The van der Waals surface area contributed by atoms with Gasteiger partial charge in [0.05, 0.1) is 22.9 Å². The van der Waals surface area contributed by atoms with Crippen molar-refractivity contribution in [2.75, 3.05) is 6.61 Å². The Morgan fingerprint density at radius 3 is 2.58 bits per heavy atom. The molecule has 0 saturated carbocycles. The lowest BCUT2D eigenvalue weighted by molar-refractivity contribution is 0.318. The number of H-pyrrole nitrogens is 1. The molecule has 0 aliphatic heterocycles. The van der Waals surface area contributed by atoms with Gasteiger partial charge in [-0.3, -0.25) is 0 Å². The highest BCUT2D eigenvalue weighted by Crippen LogP contribution is 2.34. The first-order valence-corrected chi connectivity index (χ1v) is 9.15. The fourth-order valence-electron chi connectivity index (χ4n) is 2.29. The van der Waals surface area contributed by atoms with Gasteiger partial charge in [0.25, 0.3) is 0 Å². The van der Waals surface area contributed by atoms with Gasteiger partial charge in [-0.1, -0.05) is 60.5 Å². The van der Waals surface area contributed by atoms with Crippen molar-refractivity contribution in [2.24, 2.45) is 5.10 Å². The van der Waals surface area contributed by atoms with Crippen LogP contribution in [0.5, 0.6) is 5.75 Å². The van der Waals surface area contributed by atoms with Crippen LogP contribution in [0.3, 0.4) is 0 Å². The molecule has 8 heteroatoms. The van der Waals surface area contributed by atoms with E-state index in [0.29, 0.717) is 33.0 Å². The molecule has 0 saturated heterocycles. The van der Waals surface area contributed by atoms with Crippen molar-refractivity contribution in [3.05, 3.63) is 62.8 Å². The van der Waals surface area contributed by atoms with Gasteiger partial charge < -0.3 is 4.74 Å². The Kier molecular flexibility index (Phi) is 6.08. The molecule has 5 nitrogen and oxygen atoms in total. The average Bonchev–Trinajstić information content (AvgIpc) is 3.01. The molecule has 26 heavy (non-hydrogen) atoms. The number of hydrogen-bond acceptors (Lipinski definition) is 4. The highest BCUT2D eigenvalue weighted by molar-refractivity contribution is 7.71. The first-order chi connectivity index (χ1) is 12.6. The van der Waals surface area contributed by atoms with Crippen molar-refractivity contribution in [3.8, 4) is 17.1 Å². The molecular formula is C18H16Cl2N4OS. The van der Waals surface area contributed by atoms with E-state index in [1.807, 2.05) is 37.3 Å². The van der Waals surface area contributed by atoms with E-state index in [1.54, 1.807) is 23.0 Å². The smallest absolute Gasteiger partial charge is 0.216 e. The van der Waals surface area contributed by atoms with Gasteiger partial charge in [-0.05, 0) is 36.3 Å². The SMILES string of the molecule is CCCOc1c(Cl)cc(/C=N\n2c(-c3ccccc3)n[nH]c2=S)cc1Cl. The van der Waals surface area contributed by atoms with Crippen molar-refractivity contribution in [2.45, 2.75) is 13.3 Å². The molecular weight excluding hydrogens is 391 g/mol. The predicted octanol–water partition coefficient (Wildman–Crippen LogP) is 5.59. The van der Waals surface area contributed by atoms with E-state index in [9.17, 15) is 0 Å². The van der Waals surface area contributed by atoms with E-state index in [-0.39, 0.29) is 0 Å². The third-order valence-electron chi connectivity index (χ3n) is 3.48. The topological polar surface area (TPSA) is 55.2 Å². The molecule has 1 N–H and O–H groups in total. The van der Waals surface area contributed by atoms with Gasteiger partial charge in [-0.15, -0.1) is 0 Å². The first-order valence-electron chi connectivity index (χ1n) is 7.99. The number of ether oxygens (including phenoxy) is 1. The summed E-state index contributed by atoms with van der Waals surface area (Å²) in [4.78, 5) is 0. The van der Waals surface area contributed by atoms with E-state index in [0.717, 1.165) is 17.5 Å². The van der Waals surface area contributed by atoms with Crippen LogP contribution in [0.25, 0.3) is 11.4 Å². The van der Waals surface area contributed by atoms with Gasteiger partial charge in [0, 0.05) is 5.56 Å². The zero-order valence-electron chi connectivity index (χ0n) is 13.9. The van der Waals surface area contributed by atoms with Gasteiger partial charge in [0.2, 0.25) is 4.77 Å². The van der Waals surface area contributed by atoms with E-state index in [2.05, 4.69) is 15.3 Å². The molecule has 0 radical (unpaired) electrons. The molecule has 2 aromatic carbocycles. The van der Waals surface area contributed by atoms with Gasteiger partial charge in [-0.2, -0.15) is 14.9 Å². The minimum absolute atomic E-state index is 0.389. The van der Waals surface area contributed by atoms with Gasteiger partial charge in [-0.25, -0.2) is 5.10 Å². The van der Waals surface area contributed by atoms with Crippen LogP contribution >= 0.6 is 35.4 Å². The number of aromatic nitrogens is 3. The Bertz CT molecular complexity index is 959. The molecule has 0 unspecified atom stereocenters. The fourth-order valence-corrected chi connectivity index (χ4v) is 3.09. The summed E-state index contributed by atoms with van der Waals surface area (Å²) in [6.45, 7) is 2.57. The molecule has 134 valence electrons. The zero-order chi connectivity index (χ0) is 18.5. The van der Waals surface area contributed by atoms with E-state index < -0.39 is 0 Å². The molecule has 0 aliphatic carbocycles. The summed E-state index contributed by atoms with van der Waals surface area (Å²) >= 11 is 17.8. The number of nitrogens with zero attached hydrogens (tertiary/aromatic N) is 3. The van der Waals surface area contributed by atoms with Gasteiger partial charge in [0.1, 0.15) is 0 Å². The molecule has 1 aromatic heterocycles. The summed E-state index contributed by atoms with van der Waals surface area (Å²) in [6.07, 6.45) is 2.50. The Morgan fingerprint density at radius 2 is 1.92 bits per heavy atom. The van der Waals surface area contributed by atoms with Crippen LogP contribution in [0.2, 0.25) is 10.0 Å². The zero-order valence-corrected chi connectivity index (χ0v) is 16.3. The Labute approximate surface area is 166 Å². The predicted molar refractivity (Wildman–Crippen MR) is 108 cm³/mol. The summed E-state index contributed by atoms with van der Waals surface area (Å²) in [5.41, 5.74) is 1.63. The summed E-state index contributed by atoms with van der Waals surface area (Å²) in [6, 6.07) is 13.1. The summed E-state index contributed by atoms with van der Waals surface area (Å²) in [5, 5.41) is 12.3. The van der Waals surface area contributed by atoms with E-state index >= 15 is 0 Å². The largest absolute Gasteiger partial charge is 0.490 e. The monoisotopic (exact) mass is 406 g/mol. The number of rotatable bonds is 6. The summed E-state index contributed by atoms with van der Waals surface area (Å²) in [5.74, 6) is 1.10. The lowest BCUT2D eigenvalue weighted by Crippen LogP contribution is -1.98. The molecule has 0 amide bonds. The highest BCUT2D eigenvalue weighted by atomic mass is 35.5. The van der Waals surface area contributed by atoms with Crippen LogP contribution in [0, 0.1) is 4.77 Å². The number of halogens is 2. The van der Waals surface area contributed by atoms with Crippen molar-refractivity contribution >= 4 is 41.6 Å². The Hall–Kier alpha value is -2.15. The fraction of sp³-hybridized carbons (Fsp3) is 0.167. The second kappa shape index (κ2) is 8.49. The molecule has 0 spiro atoms. The number of nitrogens with one attached hydrogen (secondary N) is 1. The van der Waals surface area contributed by atoms with Crippen LogP contribution < -0.4 is 4.74 Å². The minimum Gasteiger partial charge on any atom is -0.490 e. The van der Waals surface area contributed by atoms with Crippen LogP contribution in [0.15, 0.2) is 47.6 Å². The molecule has 0 fully saturated rings. The first kappa shape index (κ1) is 18.6. The molecule has 3 rings (SSSR count). The molecule has 0 aliphatic rings. The normalized spacial score (nSPS) is 11.2. The number of aromatic amines is 1. The maximum Gasteiger partial charge on any atom is 0.216 e. The quantitative estimate of drug-likeness (QED) is 0.428. The lowest BCUT2D eigenvalue weighted by Gasteiger charge is -2.09. The summed E-state index contributed by atoms with van der Waals surface area (Å²) < 4.78 is 7.51. The van der Waals surface area contributed by atoms with Crippen LogP contribution in [-0.2, 0) is 0 Å². The van der Waals surface area contributed by atoms with Crippen molar-refractivity contribution in [1.82, 2.24) is 14.9 Å². The third-order valence-corrected chi connectivity index (χ3v) is 4.30. The van der Waals surface area contributed by atoms with E-state index in [1.165, 1.54) is 0 Å². The Morgan fingerprint density at radius 1 is 1.23 bits per heavy atom. The number of benzene rings is 2. The summed E-state index contributed by atoms with van der Waals surface area (Å²) in [7, 11) is 0. The van der Waals surface area contributed by atoms with Crippen molar-refractivity contribution in [1.29, 1.82) is 0 Å².